The molecule has 9 heavy (non-hydrogen) atoms. The second-order valence-electron chi connectivity index (χ2n) is 1.76. The Balaban J connectivity index is 2.61. The number of hydrogen-bond donors (Lipinski definition) is 0. The maximum Gasteiger partial charge on any atom is 0.0510 e. The van der Waals surface area contributed by atoms with Crippen LogP contribution in [0.5, 0.6) is 0 Å². The van der Waals surface area contributed by atoms with Gasteiger partial charge in [0.2, 0.25) is 0 Å². The van der Waals surface area contributed by atoms with E-state index in [-0.39, 0.29) is 0 Å². The van der Waals surface area contributed by atoms with Crippen LogP contribution >= 0.6 is 16.1 Å². The molecule has 1 aromatic carbocycles. The average molecular weight is 185 g/mol. The van der Waals surface area contributed by atoms with Crippen molar-refractivity contribution in [2.45, 2.75) is 6.54 Å². The summed E-state index contributed by atoms with van der Waals surface area (Å²) in [6.07, 6.45) is 0. The molecule has 0 fully saturated rings. The first-order chi connectivity index (χ1) is 4.43. The van der Waals surface area contributed by atoms with Gasteiger partial charge >= 0.3 is 0 Å². The van der Waals surface area contributed by atoms with Gasteiger partial charge in [-0.15, -0.1) is 0 Å². The van der Waals surface area contributed by atoms with E-state index in [2.05, 4.69) is 20.5 Å². The molecule has 0 aliphatic rings. The summed E-state index contributed by atoms with van der Waals surface area (Å²) in [5.74, 6) is 0. The van der Waals surface area contributed by atoms with Gasteiger partial charge < -0.3 is 0 Å². The Hall–Kier alpha value is -0.340. The van der Waals surface area contributed by atoms with Crippen LogP contribution in [0.3, 0.4) is 0 Å². The molecular weight excluding hydrogens is 178 g/mol. The van der Waals surface area contributed by atoms with Crippen molar-refractivity contribution < 1.29 is 0 Å². The number of benzene rings is 1. The first-order valence-electron chi connectivity index (χ1n) is 2.75. The zero-order valence-corrected chi connectivity index (χ0v) is 6.51. The maximum absolute atomic E-state index is 3.82. The van der Waals surface area contributed by atoms with Gasteiger partial charge in [-0.2, -0.15) is 4.34 Å². The molecule has 0 heterocycles. The minimum Gasteiger partial charge on any atom is -0.161 e. The first-order valence-corrected chi connectivity index (χ1v) is 3.46. The third kappa shape index (κ3) is 2.16. The predicted molar refractivity (Wildman–Crippen MR) is 41.2 cm³/mol. The molecule has 0 aliphatic carbocycles. The normalized spacial score (nSPS) is 9.44. The molecule has 0 bridgehead atoms. The van der Waals surface area contributed by atoms with Crippen molar-refractivity contribution in [3.05, 3.63) is 35.9 Å². The Morgan fingerprint density at radius 1 is 1.22 bits per heavy atom. The topological polar surface area (TPSA) is 14.1 Å². The van der Waals surface area contributed by atoms with E-state index in [9.17, 15) is 0 Å². The van der Waals surface area contributed by atoms with E-state index >= 15 is 0 Å². The Morgan fingerprint density at radius 3 is 2.44 bits per heavy atom. The third-order valence-electron chi connectivity index (χ3n) is 1.09. The van der Waals surface area contributed by atoms with Gasteiger partial charge in [-0.3, -0.25) is 0 Å². The van der Waals surface area contributed by atoms with Crippen LogP contribution in [0.15, 0.2) is 30.3 Å². The van der Waals surface area contributed by atoms with E-state index in [0.29, 0.717) is 0 Å². The Labute approximate surface area is 63.4 Å². The average Bonchev–Trinajstić information content (AvgIpc) is 1.91. The third-order valence-corrected chi connectivity index (χ3v) is 1.34. The molecule has 0 amide bonds. The Kier molecular flexibility index (Phi) is 2.74. The van der Waals surface area contributed by atoms with Crippen LogP contribution in [-0.4, -0.2) is 0 Å². The molecule has 1 radical (unpaired) electrons. The lowest BCUT2D eigenvalue weighted by atomic mass is 10.2. The quantitative estimate of drug-likeness (QED) is 0.669. The largest absolute Gasteiger partial charge is 0.161 e. The number of hydrogen-bond acceptors (Lipinski definition) is 0. The van der Waals surface area contributed by atoms with Crippen LogP contribution in [-0.2, 0) is 6.54 Å². The minimum absolute atomic E-state index is 0.751. The molecule has 0 saturated carbocycles. The van der Waals surface area contributed by atoms with Gasteiger partial charge in [0, 0.05) is 16.1 Å². The molecule has 0 saturated heterocycles. The maximum atomic E-state index is 3.82. The summed E-state index contributed by atoms with van der Waals surface area (Å²) >= 11 is 3.01. The fourth-order valence-corrected chi connectivity index (χ4v) is 0.942. The van der Waals surface area contributed by atoms with Gasteiger partial charge in [0.05, 0.1) is 6.54 Å². The van der Waals surface area contributed by atoms with E-state index < -0.39 is 0 Å². The van der Waals surface area contributed by atoms with Crippen LogP contribution in [0.25, 0.3) is 0 Å². The molecule has 0 aromatic heterocycles. The molecule has 1 rings (SSSR count). The lowest BCUT2D eigenvalue weighted by Crippen LogP contribution is -1.88. The second kappa shape index (κ2) is 3.64. The van der Waals surface area contributed by atoms with Crippen molar-refractivity contribution >= 4 is 16.1 Å². The summed E-state index contributed by atoms with van der Waals surface area (Å²) in [4.78, 5) is 0. The standard InChI is InChI=1S/C7H7BrN/c8-9-6-7-4-2-1-3-5-7/h1-5H,6H2. The molecule has 1 aromatic rings. The molecule has 0 aliphatic heterocycles. The zero-order valence-electron chi connectivity index (χ0n) is 4.92. The lowest BCUT2D eigenvalue weighted by molar-refractivity contribution is 0.980. The van der Waals surface area contributed by atoms with Gasteiger partial charge in [0.15, 0.2) is 0 Å². The summed E-state index contributed by atoms with van der Waals surface area (Å²) in [6.45, 7) is 0.751. The fourth-order valence-electron chi connectivity index (χ4n) is 0.652. The summed E-state index contributed by atoms with van der Waals surface area (Å²) in [7, 11) is 0. The summed E-state index contributed by atoms with van der Waals surface area (Å²) in [5, 5.41) is 0. The molecular formula is C7H7BrN. The van der Waals surface area contributed by atoms with Crippen molar-refractivity contribution in [3.63, 3.8) is 0 Å². The van der Waals surface area contributed by atoms with E-state index in [1.54, 1.807) is 0 Å². The van der Waals surface area contributed by atoms with Gasteiger partial charge in [-0.1, -0.05) is 30.3 Å². The van der Waals surface area contributed by atoms with Crippen LogP contribution < -0.4 is 4.34 Å². The van der Waals surface area contributed by atoms with Gasteiger partial charge in [-0.25, -0.2) is 0 Å². The van der Waals surface area contributed by atoms with E-state index in [1.807, 2.05) is 30.3 Å². The van der Waals surface area contributed by atoms with Crippen LogP contribution in [0.4, 0.5) is 0 Å². The van der Waals surface area contributed by atoms with E-state index in [4.69, 9.17) is 0 Å². The Morgan fingerprint density at radius 2 is 1.89 bits per heavy atom. The first kappa shape index (κ1) is 6.78. The van der Waals surface area contributed by atoms with Crippen molar-refractivity contribution in [2.24, 2.45) is 0 Å². The fraction of sp³-hybridized carbons (Fsp3) is 0.143. The highest BCUT2D eigenvalue weighted by Crippen LogP contribution is 1.98. The van der Waals surface area contributed by atoms with Crippen molar-refractivity contribution in [3.8, 4) is 0 Å². The van der Waals surface area contributed by atoms with Crippen molar-refractivity contribution in [1.82, 2.24) is 4.34 Å². The molecule has 1 nitrogen and oxygen atoms in total. The summed E-state index contributed by atoms with van der Waals surface area (Å²) < 4.78 is 3.82. The highest BCUT2D eigenvalue weighted by molar-refractivity contribution is 9.07. The molecule has 0 N–H and O–H groups in total. The summed E-state index contributed by atoms with van der Waals surface area (Å²) in [6, 6.07) is 10.1. The van der Waals surface area contributed by atoms with Crippen LogP contribution in [0.2, 0.25) is 0 Å². The van der Waals surface area contributed by atoms with E-state index in [0.717, 1.165) is 6.54 Å². The molecule has 0 atom stereocenters. The molecule has 2 heteroatoms. The highest BCUT2D eigenvalue weighted by atomic mass is 79.9. The van der Waals surface area contributed by atoms with Crippen LogP contribution in [0, 0.1) is 0 Å². The SMILES string of the molecule is Br[N]Cc1ccccc1. The number of halogens is 1. The number of rotatable bonds is 2. The molecule has 0 spiro atoms. The monoisotopic (exact) mass is 184 g/mol. The van der Waals surface area contributed by atoms with Gasteiger partial charge in [0.1, 0.15) is 0 Å². The summed E-state index contributed by atoms with van der Waals surface area (Å²) in [5.41, 5.74) is 1.23. The lowest BCUT2D eigenvalue weighted by Gasteiger charge is -1.92. The molecule has 0 unspecified atom stereocenters. The smallest absolute Gasteiger partial charge is 0.0510 e. The van der Waals surface area contributed by atoms with Gasteiger partial charge in [0.25, 0.3) is 0 Å². The minimum atomic E-state index is 0.751. The highest BCUT2D eigenvalue weighted by Gasteiger charge is 1.85. The zero-order chi connectivity index (χ0) is 6.53. The van der Waals surface area contributed by atoms with Gasteiger partial charge in [-0.05, 0) is 5.56 Å². The van der Waals surface area contributed by atoms with Crippen molar-refractivity contribution in [2.75, 3.05) is 0 Å². The Bertz CT molecular complexity index is 162. The molecule has 47 valence electrons. The number of nitrogens with zero attached hydrogens (tertiary/aromatic N) is 1. The predicted octanol–water partition coefficient (Wildman–Crippen LogP) is 2.10. The van der Waals surface area contributed by atoms with Crippen molar-refractivity contribution in [1.29, 1.82) is 0 Å². The second-order valence-corrected chi connectivity index (χ2v) is 2.26. The van der Waals surface area contributed by atoms with E-state index in [1.165, 1.54) is 5.56 Å². The van der Waals surface area contributed by atoms with Crippen LogP contribution in [0.1, 0.15) is 5.56 Å².